The van der Waals surface area contributed by atoms with Crippen molar-refractivity contribution in [2.75, 3.05) is 13.1 Å². The van der Waals surface area contributed by atoms with E-state index in [0.29, 0.717) is 12.3 Å². The molecule has 1 amide bonds. The number of aromatic nitrogens is 2. The number of aryl methyl sites for hydroxylation is 2. The summed E-state index contributed by atoms with van der Waals surface area (Å²) in [4.78, 5) is 14.3. The monoisotopic (exact) mass is 249 g/mol. The summed E-state index contributed by atoms with van der Waals surface area (Å²) in [5.74, 6) is 0.888. The third-order valence-electron chi connectivity index (χ3n) is 4.00. The molecule has 18 heavy (non-hydrogen) atoms. The molecule has 4 heteroatoms. The molecule has 0 spiro atoms. The summed E-state index contributed by atoms with van der Waals surface area (Å²) in [7, 11) is 1.93. The van der Waals surface area contributed by atoms with Crippen LogP contribution in [0.25, 0.3) is 0 Å². The first-order valence-electron chi connectivity index (χ1n) is 6.76. The van der Waals surface area contributed by atoms with Gasteiger partial charge in [0.2, 0.25) is 5.91 Å². The number of likely N-dealkylation sites (tertiary alicyclic amines) is 1. The van der Waals surface area contributed by atoms with Crippen LogP contribution in [-0.2, 0) is 18.3 Å². The molecule has 1 aromatic rings. The summed E-state index contributed by atoms with van der Waals surface area (Å²) in [5.41, 5.74) is 3.18. The van der Waals surface area contributed by atoms with Gasteiger partial charge in [0.15, 0.2) is 0 Å². The molecule has 2 rings (SSSR count). The Balaban J connectivity index is 2.06. The summed E-state index contributed by atoms with van der Waals surface area (Å²) in [6.45, 7) is 8.06. The summed E-state index contributed by atoms with van der Waals surface area (Å²) < 4.78 is 1.86. The molecule has 0 bridgehead atoms. The maximum Gasteiger partial charge on any atom is 0.227 e. The van der Waals surface area contributed by atoms with E-state index in [4.69, 9.17) is 0 Å². The molecule has 0 aliphatic carbocycles. The van der Waals surface area contributed by atoms with Crippen molar-refractivity contribution in [1.29, 1.82) is 0 Å². The van der Waals surface area contributed by atoms with Crippen molar-refractivity contribution in [2.45, 2.75) is 40.0 Å². The van der Waals surface area contributed by atoms with Crippen LogP contribution in [0.1, 0.15) is 36.7 Å². The summed E-state index contributed by atoms with van der Waals surface area (Å²) in [5, 5.41) is 4.37. The molecule has 4 nitrogen and oxygen atoms in total. The van der Waals surface area contributed by atoms with Gasteiger partial charge in [-0.1, -0.05) is 6.92 Å². The number of carbonyl (C=O) groups is 1. The fourth-order valence-corrected chi connectivity index (χ4v) is 2.75. The van der Waals surface area contributed by atoms with Crippen molar-refractivity contribution in [3.05, 3.63) is 17.0 Å². The lowest BCUT2D eigenvalue weighted by molar-refractivity contribution is -0.132. The van der Waals surface area contributed by atoms with Gasteiger partial charge in [-0.25, -0.2) is 0 Å². The molecule has 1 aliphatic heterocycles. The normalized spacial score (nSPS) is 20.2. The van der Waals surface area contributed by atoms with Crippen molar-refractivity contribution < 1.29 is 4.79 Å². The van der Waals surface area contributed by atoms with Gasteiger partial charge in [0.1, 0.15) is 0 Å². The molecular weight excluding hydrogens is 226 g/mol. The first kappa shape index (κ1) is 13.1. The Bertz CT molecular complexity index is 450. The maximum atomic E-state index is 12.3. The highest BCUT2D eigenvalue weighted by atomic mass is 16.2. The van der Waals surface area contributed by atoms with Crippen molar-refractivity contribution in [3.63, 3.8) is 0 Å². The molecule has 1 unspecified atom stereocenters. The van der Waals surface area contributed by atoms with Gasteiger partial charge in [0.05, 0.1) is 12.1 Å². The number of rotatable bonds is 2. The van der Waals surface area contributed by atoms with E-state index < -0.39 is 0 Å². The van der Waals surface area contributed by atoms with Crippen LogP contribution in [-0.4, -0.2) is 33.7 Å². The molecule has 100 valence electrons. The van der Waals surface area contributed by atoms with Crippen molar-refractivity contribution in [2.24, 2.45) is 13.0 Å². The van der Waals surface area contributed by atoms with Crippen LogP contribution in [0.15, 0.2) is 0 Å². The Morgan fingerprint density at radius 3 is 2.72 bits per heavy atom. The Morgan fingerprint density at radius 1 is 1.44 bits per heavy atom. The van der Waals surface area contributed by atoms with Gasteiger partial charge in [0, 0.05) is 31.4 Å². The molecule has 2 heterocycles. The standard InChI is InChI=1S/C14H23N3O/c1-10-6-5-7-17(9-10)14(18)8-13-11(2)15-16(4)12(13)3/h10H,5-9H2,1-4H3. The minimum absolute atomic E-state index is 0.251. The van der Waals surface area contributed by atoms with Crippen LogP contribution < -0.4 is 0 Å². The number of nitrogens with zero attached hydrogens (tertiary/aromatic N) is 3. The molecule has 1 atom stereocenters. The predicted molar refractivity (Wildman–Crippen MR) is 71.4 cm³/mol. The quantitative estimate of drug-likeness (QED) is 0.802. The molecule has 0 saturated carbocycles. The van der Waals surface area contributed by atoms with Crippen LogP contribution >= 0.6 is 0 Å². The SMILES string of the molecule is Cc1nn(C)c(C)c1CC(=O)N1CCCC(C)C1. The average molecular weight is 249 g/mol. The van der Waals surface area contributed by atoms with E-state index in [1.807, 2.05) is 30.5 Å². The van der Waals surface area contributed by atoms with Crippen LogP contribution in [0.2, 0.25) is 0 Å². The molecule has 0 aromatic carbocycles. The van der Waals surface area contributed by atoms with Gasteiger partial charge in [-0.05, 0) is 32.6 Å². The van der Waals surface area contributed by atoms with E-state index in [0.717, 1.165) is 36.5 Å². The van der Waals surface area contributed by atoms with Gasteiger partial charge in [0.25, 0.3) is 0 Å². The molecular formula is C14H23N3O. The fourth-order valence-electron chi connectivity index (χ4n) is 2.75. The van der Waals surface area contributed by atoms with E-state index in [9.17, 15) is 4.79 Å². The third-order valence-corrected chi connectivity index (χ3v) is 4.00. The summed E-state index contributed by atoms with van der Waals surface area (Å²) >= 11 is 0. The van der Waals surface area contributed by atoms with Crippen molar-refractivity contribution >= 4 is 5.91 Å². The summed E-state index contributed by atoms with van der Waals surface area (Å²) in [6, 6.07) is 0. The Labute approximate surface area is 109 Å². The van der Waals surface area contributed by atoms with E-state index in [2.05, 4.69) is 12.0 Å². The number of hydrogen-bond donors (Lipinski definition) is 0. The van der Waals surface area contributed by atoms with Gasteiger partial charge in [-0.3, -0.25) is 9.48 Å². The lowest BCUT2D eigenvalue weighted by Crippen LogP contribution is -2.40. The minimum Gasteiger partial charge on any atom is -0.342 e. The van der Waals surface area contributed by atoms with Gasteiger partial charge in [-0.2, -0.15) is 5.10 Å². The Kier molecular flexibility index (Phi) is 3.73. The lowest BCUT2D eigenvalue weighted by atomic mass is 9.99. The number of carbonyl (C=O) groups excluding carboxylic acids is 1. The molecule has 1 aromatic heterocycles. The number of amides is 1. The topological polar surface area (TPSA) is 38.1 Å². The van der Waals surface area contributed by atoms with E-state index in [-0.39, 0.29) is 5.91 Å². The highest BCUT2D eigenvalue weighted by Gasteiger charge is 2.22. The average Bonchev–Trinajstić information content (AvgIpc) is 2.56. The van der Waals surface area contributed by atoms with Crippen molar-refractivity contribution in [3.8, 4) is 0 Å². The predicted octanol–water partition coefficient (Wildman–Crippen LogP) is 1.84. The first-order chi connectivity index (χ1) is 8.49. The second kappa shape index (κ2) is 5.12. The molecule has 1 fully saturated rings. The zero-order valence-electron chi connectivity index (χ0n) is 11.9. The second-order valence-corrected chi connectivity index (χ2v) is 5.54. The molecule has 1 saturated heterocycles. The smallest absolute Gasteiger partial charge is 0.227 e. The van der Waals surface area contributed by atoms with Gasteiger partial charge >= 0.3 is 0 Å². The van der Waals surface area contributed by atoms with Crippen molar-refractivity contribution in [1.82, 2.24) is 14.7 Å². The van der Waals surface area contributed by atoms with Crippen LogP contribution in [0.3, 0.4) is 0 Å². The highest BCUT2D eigenvalue weighted by molar-refractivity contribution is 5.79. The molecule has 1 aliphatic rings. The van der Waals surface area contributed by atoms with Crippen LogP contribution in [0.5, 0.6) is 0 Å². The first-order valence-corrected chi connectivity index (χ1v) is 6.76. The van der Waals surface area contributed by atoms with E-state index in [1.54, 1.807) is 0 Å². The highest BCUT2D eigenvalue weighted by Crippen LogP contribution is 2.18. The van der Waals surface area contributed by atoms with E-state index in [1.165, 1.54) is 6.42 Å². The fraction of sp³-hybridized carbons (Fsp3) is 0.714. The molecule has 0 radical (unpaired) electrons. The third kappa shape index (κ3) is 2.57. The zero-order valence-corrected chi connectivity index (χ0v) is 11.9. The van der Waals surface area contributed by atoms with Crippen LogP contribution in [0.4, 0.5) is 0 Å². The van der Waals surface area contributed by atoms with Crippen LogP contribution in [0, 0.1) is 19.8 Å². The Morgan fingerprint density at radius 2 is 2.17 bits per heavy atom. The second-order valence-electron chi connectivity index (χ2n) is 5.54. The van der Waals surface area contributed by atoms with Gasteiger partial charge in [-0.15, -0.1) is 0 Å². The summed E-state index contributed by atoms with van der Waals surface area (Å²) in [6.07, 6.45) is 2.88. The number of hydrogen-bond acceptors (Lipinski definition) is 2. The largest absolute Gasteiger partial charge is 0.342 e. The molecule has 0 N–H and O–H groups in total. The van der Waals surface area contributed by atoms with Gasteiger partial charge < -0.3 is 4.90 Å². The lowest BCUT2D eigenvalue weighted by Gasteiger charge is -2.31. The zero-order chi connectivity index (χ0) is 13.3. The van der Waals surface area contributed by atoms with E-state index >= 15 is 0 Å². The Hall–Kier alpha value is -1.32. The minimum atomic E-state index is 0.251. The maximum absolute atomic E-state index is 12.3. The number of piperidine rings is 1.